The normalized spacial score (nSPS) is 14.3. The molecular weight excluding hydrogens is 360 g/mol. The number of carbonyl (C=O) groups excluding carboxylic acids is 3. The molecule has 3 amide bonds. The number of anilines is 1. The van der Waals surface area contributed by atoms with Gasteiger partial charge in [0, 0.05) is 18.0 Å². The SMILES string of the molecule is Cc1ccc(NC(=O)C(C)SCCN2C(=O)c3ccccc3C2=O)c(C)c1. The third kappa shape index (κ3) is 4.06. The van der Waals surface area contributed by atoms with Gasteiger partial charge in [-0.05, 0) is 44.5 Å². The van der Waals surface area contributed by atoms with E-state index in [2.05, 4.69) is 5.32 Å². The largest absolute Gasteiger partial charge is 0.325 e. The molecule has 1 heterocycles. The lowest BCUT2D eigenvalue weighted by Crippen LogP contribution is -2.32. The van der Waals surface area contributed by atoms with Crippen LogP contribution in [0.25, 0.3) is 0 Å². The second kappa shape index (κ2) is 7.96. The van der Waals surface area contributed by atoms with Crippen molar-refractivity contribution in [2.24, 2.45) is 0 Å². The van der Waals surface area contributed by atoms with Crippen LogP contribution in [0.15, 0.2) is 42.5 Å². The van der Waals surface area contributed by atoms with Crippen LogP contribution in [0.4, 0.5) is 5.69 Å². The topological polar surface area (TPSA) is 66.5 Å². The molecule has 0 spiro atoms. The number of thioether (sulfide) groups is 1. The first kappa shape index (κ1) is 19.2. The smallest absolute Gasteiger partial charge is 0.261 e. The van der Waals surface area contributed by atoms with E-state index in [0.29, 0.717) is 16.9 Å². The minimum atomic E-state index is -0.291. The number of nitrogens with one attached hydrogen (secondary N) is 1. The third-order valence-corrected chi connectivity index (χ3v) is 5.70. The van der Waals surface area contributed by atoms with Crippen molar-refractivity contribution in [3.63, 3.8) is 0 Å². The van der Waals surface area contributed by atoms with E-state index >= 15 is 0 Å². The molecule has 0 saturated heterocycles. The van der Waals surface area contributed by atoms with Gasteiger partial charge in [0.25, 0.3) is 11.8 Å². The first-order valence-electron chi connectivity index (χ1n) is 8.83. The van der Waals surface area contributed by atoms with Crippen LogP contribution in [-0.4, -0.2) is 40.2 Å². The highest BCUT2D eigenvalue weighted by atomic mass is 32.2. The second-order valence-corrected chi connectivity index (χ2v) is 8.08. The summed E-state index contributed by atoms with van der Waals surface area (Å²) in [4.78, 5) is 38.3. The molecule has 0 aromatic heterocycles. The van der Waals surface area contributed by atoms with Crippen molar-refractivity contribution in [2.75, 3.05) is 17.6 Å². The Balaban J connectivity index is 1.52. The molecule has 5 nitrogen and oxygen atoms in total. The highest BCUT2D eigenvalue weighted by Crippen LogP contribution is 2.24. The third-order valence-electron chi connectivity index (χ3n) is 4.57. The predicted molar refractivity (Wildman–Crippen MR) is 108 cm³/mol. The van der Waals surface area contributed by atoms with Crippen LogP contribution in [0.5, 0.6) is 0 Å². The molecular formula is C21H22N2O3S. The molecule has 0 radical (unpaired) electrons. The molecule has 2 aromatic carbocycles. The molecule has 2 aromatic rings. The summed E-state index contributed by atoms with van der Waals surface area (Å²) >= 11 is 1.42. The summed E-state index contributed by atoms with van der Waals surface area (Å²) in [6.07, 6.45) is 0. The van der Waals surface area contributed by atoms with Gasteiger partial charge < -0.3 is 5.32 Å². The summed E-state index contributed by atoms with van der Waals surface area (Å²) in [6.45, 7) is 6.09. The average Bonchev–Trinajstić information content (AvgIpc) is 2.89. The highest BCUT2D eigenvalue weighted by molar-refractivity contribution is 8.00. The zero-order chi connectivity index (χ0) is 19.6. The van der Waals surface area contributed by atoms with Crippen molar-refractivity contribution in [3.05, 3.63) is 64.7 Å². The van der Waals surface area contributed by atoms with Gasteiger partial charge in [-0.25, -0.2) is 0 Å². The minimum absolute atomic E-state index is 0.0886. The maximum absolute atomic E-state index is 12.4. The number of hydrogen-bond donors (Lipinski definition) is 1. The van der Waals surface area contributed by atoms with E-state index in [1.807, 2.05) is 39.0 Å². The van der Waals surface area contributed by atoms with Crippen molar-refractivity contribution < 1.29 is 14.4 Å². The number of amides is 3. The summed E-state index contributed by atoms with van der Waals surface area (Å²) < 4.78 is 0. The summed E-state index contributed by atoms with van der Waals surface area (Å²) in [5, 5.41) is 2.65. The highest BCUT2D eigenvalue weighted by Gasteiger charge is 2.34. The predicted octanol–water partition coefficient (Wildman–Crippen LogP) is 3.66. The number of nitrogens with zero attached hydrogens (tertiary/aromatic N) is 1. The molecule has 27 heavy (non-hydrogen) atoms. The van der Waals surface area contributed by atoms with Crippen molar-refractivity contribution in [2.45, 2.75) is 26.0 Å². The van der Waals surface area contributed by atoms with Gasteiger partial charge in [-0.1, -0.05) is 29.8 Å². The Bertz CT molecular complexity index is 875. The van der Waals surface area contributed by atoms with Gasteiger partial charge in [0.1, 0.15) is 0 Å². The lowest BCUT2D eigenvalue weighted by molar-refractivity contribution is -0.115. The van der Waals surface area contributed by atoms with Gasteiger partial charge in [0.15, 0.2) is 0 Å². The van der Waals surface area contributed by atoms with Gasteiger partial charge in [-0.2, -0.15) is 0 Å². The number of carbonyl (C=O) groups is 3. The van der Waals surface area contributed by atoms with Crippen molar-refractivity contribution in [1.82, 2.24) is 4.90 Å². The van der Waals surface area contributed by atoms with Gasteiger partial charge in [0.05, 0.1) is 16.4 Å². The molecule has 6 heteroatoms. The molecule has 1 aliphatic rings. The first-order chi connectivity index (χ1) is 12.9. The van der Waals surface area contributed by atoms with Crippen LogP contribution in [0, 0.1) is 13.8 Å². The van der Waals surface area contributed by atoms with E-state index in [1.54, 1.807) is 24.3 Å². The number of imide groups is 1. The zero-order valence-electron chi connectivity index (χ0n) is 15.6. The molecule has 1 aliphatic heterocycles. The number of hydrogen-bond acceptors (Lipinski definition) is 4. The molecule has 1 unspecified atom stereocenters. The van der Waals surface area contributed by atoms with Crippen molar-refractivity contribution >= 4 is 35.2 Å². The van der Waals surface area contributed by atoms with E-state index < -0.39 is 0 Å². The maximum Gasteiger partial charge on any atom is 0.261 e. The van der Waals surface area contributed by atoms with E-state index in [9.17, 15) is 14.4 Å². The molecule has 0 bridgehead atoms. The molecule has 1 N–H and O–H groups in total. The van der Waals surface area contributed by atoms with Gasteiger partial charge in [-0.3, -0.25) is 19.3 Å². The van der Waals surface area contributed by atoms with Gasteiger partial charge in [-0.15, -0.1) is 11.8 Å². The minimum Gasteiger partial charge on any atom is -0.325 e. The molecule has 0 fully saturated rings. The number of aryl methyl sites for hydroxylation is 2. The van der Waals surface area contributed by atoms with E-state index in [1.165, 1.54) is 16.7 Å². The zero-order valence-corrected chi connectivity index (χ0v) is 16.4. The Morgan fingerprint density at radius 1 is 1.07 bits per heavy atom. The summed E-state index contributed by atoms with van der Waals surface area (Å²) in [5.41, 5.74) is 3.88. The molecule has 140 valence electrons. The Morgan fingerprint density at radius 2 is 1.70 bits per heavy atom. The fraction of sp³-hybridized carbons (Fsp3) is 0.286. The fourth-order valence-electron chi connectivity index (χ4n) is 3.03. The molecule has 0 saturated carbocycles. The Morgan fingerprint density at radius 3 is 2.30 bits per heavy atom. The first-order valence-corrected chi connectivity index (χ1v) is 9.88. The lowest BCUT2D eigenvalue weighted by atomic mass is 10.1. The molecule has 1 atom stereocenters. The Hall–Kier alpha value is -2.60. The Labute approximate surface area is 163 Å². The van der Waals surface area contributed by atoms with Crippen LogP contribution in [0.2, 0.25) is 0 Å². The van der Waals surface area contributed by atoms with Crippen molar-refractivity contribution in [3.8, 4) is 0 Å². The number of benzene rings is 2. The van der Waals surface area contributed by atoms with Gasteiger partial charge in [0.2, 0.25) is 5.91 Å². The van der Waals surface area contributed by atoms with Crippen LogP contribution in [-0.2, 0) is 4.79 Å². The number of fused-ring (bicyclic) bond motifs is 1. The lowest BCUT2D eigenvalue weighted by Gasteiger charge is -2.16. The van der Waals surface area contributed by atoms with E-state index in [4.69, 9.17) is 0 Å². The Kier molecular flexibility index (Phi) is 5.65. The standard InChI is InChI=1S/C21H22N2O3S/c1-13-8-9-18(14(2)12-13)22-19(24)15(3)27-11-10-23-20(25)16-6-4-5-7-17(16)21(23)26/h4-9,12,15H,10-11H2,1-3H3,(H,22,24). The molecule has 3 rings (SSSR count). The van der Waals surface area contributed by atoms with Crippen LogP contribution < -0.4 is 5.32 Å². The van der Waals surface area contributed by atoms with E-state index in [-0.39, 0.29) is 29.5 Å². The fourth-order valence-corrected chi connectivity index (χ4v) is 3.88. The number of rotatable bonds is 6. The molecule has 0 aliphatic carbocycles. The van der Waals surface area contributed by atoms with Crippen LogP contribution in [0.3, 0.4) is 0 Å². The van der Waals surface area contributed by atoms with Crippen LogP contribution >= 0.6 is 11.8 Å². The average molecular weight is 382 g/mol. The second-order valence-electron chi connectivity index (χ2n) is 6.63. The van der Waals surface area contributed by atoms with Crippen LogP contribution in [0.1, 0.15) is 38.8 Å². The summed E-state index contributed by atoms with van der Waals surface area (Å²) in [7, 11) is 0. The summed E-state index contributed by atoms with van der Waals surface area (Å²) in [5.74, 6) is -0.103. The van der Waals surface area contributed by atoms with E-state index in [0.717, 1.165) is 16.8 Å². The quantitative estimate of drug-likeness (QED) is 0.775. The van der Waals surface area contributed by atoms with Gasteiger partial charge >= 0.3 is 0 Å². The summed E-state index contributed by atoms with van der Waals surface area (Å²) in [6, 6.07) is 12.7. The van der Waals surface area contributed by atoms with Crippen molar-refractivity contribution in [1.29, 1.82) is 0 Å². The maximum atomic E-state index is 12.4. The monoisotopic (exact) mass is 382 g/mol.